The van der Waals surface area contributed by atoms with Crippen molar-refractivity contribution in [1.82, 2.24) is 0 Å². The molecule has 0 atom stereocenters. The fraction of sp³-hybridized carbons (Fsp3) is 0.714. The van der Waals surface area contributed by atoms with E-state index in [9.17, 15) is 0 Å². The van der Waals surface area contributed by atoms with Gasteiger partial charge < -0.3 is 0 Å². The standard InChI is InChI=1S/C7H14N/c1-4-7(5-2)8-6-3/h4H,5-6H2,1-3H3/b8-7-. The number of rotatable bonds is 3. The van der Waals surface area contributed by atoms with Crippen LogP contribution in [0.2, 0.25) is 0 Å². The third kappa shape index (κ3) is 2.78. The van der Waals surface area contributed by atoms with Crippen molar-refractivity contribution in [1.29, 1.82) is 0 Å². The topological polar surface area (TPSA) is 12.4 Å². The molecular formula is C7H14N. The fourth-order valence-electron chi connectivity index (χ4n) is 0.610. The van der Waals surface area contributed by atoms with Crippen LogP contribution >= 0.6 is 0 Å². The average molecular weight is 112 g/mol. The fourth-order valence-corrected chi connectivity index (χ4v) is 0.610. The van der Waals surface area contributed by atoms with E-state index in [-0.39, 0.29) is 0 Å². The molecule has 0 N–H and O–H groups in total. The number of nitrogens with zero attached hydrogens (tertiary/aromatic N) is 1. The van der Waals surface area contributed by atoms with E-state index in [1.807, 2.05) is 6.92 Å². The molecule has 0 bridgehead atoms. The molecule has 0 fully saturated rings. The van der Waals surface area contributed by atoms with Crippen molar-refractivity contribution in [3.05, 3.63) is 6.42 Å². The summed E-state index contributed by atoms with van der Waals surface area (Å²) in [5.74, 6) is 0. The maximum absolute atomic E-state index is 4.22. The lowest BCUT2D eigenvalue weighted by Gasteiger charge is -1.94. The van der Waals surface area contributed by atoms with E-state index < -0.39 is 0 Å². The first-order chi connectivity index (χ1) is 3.85. The van der Waals surface area contributed by atoms with E-state index >= 15 is 0 Å². The van der Waals surface area contributed by atoms with Gasteiger partial charge >= 0.3 is 0 Å². The second kappa shape index (κ2) is 4.82. The maximum Gasteiger partial charge on any atom is 0.0360 e. The third-order valence-corrected chi connectivity index (χ3v) is 1.06. The Kier molecular flexibility index (Phi) is 4.62. The molecule has 0 unspecified atom stereocenters. The molecule has 0 aliphatic carbocycles. The molecule has 0 aliphatic rings. The van der Waals surface area contributed by atoms with Gasteiger partial charge in [0.2, 0.25) is 0 Å². The van der Waals surface area contributed by atoms with Crippen LogP contribution in [-0.4, -0.2) is 12.3 Å². The van der Waals surface area contributed by atoms with E-state index in [0.717, 1.165) is 13.0 Å². The molecule has 8 heavy (non-hydrogen) atoms. The van der Waals surface area contributed by atoms with Crippen LogP contribution in [-0.2, 0) is 0 Å². The summed E-state index contributed by atoms with van der Waals surface area (Å²) in [6.07, 6.45) is 3.12. The zero-order chi connectivity index (χ0) is 6.41. The van der Waals surface area contributed by atoms with Gasteiger partial charge in [-0.05, 0) is 13.3 Å². The Morgan fingerprint density at radius 1 is 1.50 bits per heavy atom. The van der Waals surface area contributed by atoms with Gasteiger partial charge in [0.1, 0.15) is 0 Å². The van der Waals surface area contributed by atoms with Crippen LogP contribution in [0.4, 0.5) is 0 Å². The van der Waals surface area contributed by atoms with Crippen molar-refractivity contribution in [2.24, 2.45) is 4.99 Å². The Balaban J connectivity index is 3.49. The summed E-state index contributed by atoms with van der Waals surface area (Å²) in [6.45, 7) is 7.11. The van der Waals surface area contributed by atoms with Crippen LogP contribution in [0.1, 0.15) is 27.2 Å². The summed E-state index contributed by atoms with van der Waals surface area (Å²) < 4.78 is 0. The lowest BCUT2D eigenvalue weighted by Crippen LogP contribution is -1.93. The van der Waals surface area contributed by atoms with Gasteiger partial charge in [-0.3, -0.25) is 4.99 Å². The van der Waals surface area contributed by atoms with Gasteiger partial charge in [-0.1, -0.05) is 13.8 Å². The summed E-state index contributed by atoms with van der Waals surface area (Å²) in [5, 5.41) is 0. The molecule has 0 heterocycles. The molecule has 0 saturated heterocycles. The Morgan fingerprint density at radius 3 is 2.25 bits per heavy atom. The molecule has 0 amide bonds. The van der Waals surface area contributed by atoms with Gasteiger partial charge in [-0.25, -0.2) is 0 Å². The maximum atomic E-state index is 4.22. The minimum absolute atomic E-state index is 0.910. The van der Waals surface area contributed by atoms with Crippen LogP contribution in [0.15, 0.2) is 4.99 Å². The molecule has 1 nitrogen and oxygen atoms in total. The molecule has 0 rings (SSSR count). The van der Waals surface area contributed by atoms with Gasteiger partial charge in [0.15, 0.2) is 0 Å². The summed E-state index contributed by atoms with van der Waals surface area (Å²) in [4.78, 5) is 4.22. The Hall–Kier alpha value is -0.330. The van der Waals surface area contributed by atoms with Crippen LogP contribution in [0.5, 0.6) is 0 Å². The zero-order valence-electron chi connectivity index (χ0n) is 5.94. The van der Waals surface area contributed by atoms with Crippen molar-refractivity contribution in [2.45, 2.75) is 27.2 Å². The molecule has 0 spiro atoms. The highest BCUT2D eigenvalue weighted by molar-refractivity contribution is 5.91. The predicted molar refractivity (Wildman–Crippen MR) is 38.2 cm³/mol. The molecular weight excluding hydrogens is 98.1 g/mol. The first kappa shape index (κ1) is 7.67. The normalized spacial score (nSPS) is 12.1. The Morgan fingerprint density at radius 2 is 2.12 bits per heavy atom. The lowest BCUT2D eigenvalue weighted by atomic mass is 10.2. The Labute approximate surface area is 51.8 Å². The Bertz CT molecular complexity index is 68.5. The van der Waals surface area contributed by atoms with Crippen LogP contribution in [0, 0.1) is 6.42 Å². The third-order valence-electron chi connectivity index (χ3n) is 1.06. The number of hydrogen-bond donors (Lipinski definition) is 0. The van der Waals surface area contributed by atoms with Gasteiger partial charge in [-0.2, -0.15) is 0 Å². The van der Waals surface area contributed by atoms with Gasteiger partial charge in [0.05, 0.1) is 0 Å². The SMILES string of the molecule is C[CH]/C(CC)=N/CC. The van der Waals surface area contributed by atoms with Crippen LogP contribution < -0.4 is 0 Å². The summed E-state index contributed by atoms with van der Waals surface area (Å²) in [7, 11) is 0. The van der Waals surface area contributed by atoms with Gasteiger partial charge in [0, 0.05) is 18.7 Å². The molecule has 0 aromatic carbocycles. The predicted octanol–water partition coefficient (Wildman–Crippen LogP) is 2.08. The highest BCUT2D eigenvalue weighted by Gasteiger charge is 1.86. The molecule has 0 aromatic heterocycles. The number of aliphatic imine (C=N–C) groups is 1. The van der Waals surface area contributed by atoms with Crippen molar-refractivity contribution < 1.29 is 0 Å². The van der Waals surface area contributed by atoms with Crippen molar-refractivity contribution >= 4 is 5.71 Å². The first-order valence-corrected chi connectivity index (χ1v) is 3.17. The number of hydrogen-bond acceptors (Lipinski definition) is 1. The molecule has 0 saturated carbocycles. The van der Waals surface area contributed by atoms with E-state index in [1.54, 1.807) is 0 Å². The van der Waals surface area contributed by atoms with Crippen molar-refractivity contribution in [3.8, 4) is 0 Å². The van der Waals surface area contributed by atoms with Gasteiger partial charge in [-0.15, -0.1) is 0 Å². The molecule has 0 aromatic rings. The first-order valence-electron chi connectivity index (χ1n) is 3.17. The highest BCUT2D eigenvalue weighted by Crippen LogP contribution is 1.89. The van der Waals surface area contributed by atoms with Crippen LogP contribution in [0.25, 0.3) is 0 Å². The quantitative estimate of drug-likeness (QED) is 0.496. The lowest BCUT2D eigenvalue weighted by molar-refractivity contribution is 1.10. The van der Waals surface area contributed by atoms with Crippen LogP contribution in [0.3, 0.4) is 0 Å². The molecule has 1 radical (unpaired) electrons. The van der Waals surface area contributed by atoms with E-state index in [4.69, 9.17) is 0 Å². The second-order valence-electron chi connectivity index (χ2n) is 1.61. The zero-order valence-corrected chi connectivity index (χ0v) is 5.94. The molecule has 47 valence electrons. The van der Waals surface area contributed by atoms with Gasteiger partial charge in [0.25, 0.3) is 0 Å². The molecule has 1 heteroatoms. The van der Waals surface area contributed by atoms with Crippen molar-refractivity contribution in [3.63, 3.8) is 0 Å². The van der Waals surface area contributed by atoms with Crippen molar-refractivity contribution in [2.75, 3.05) is 6.54 Å². The average Bonchev–Trinajstić information content (AvgIpc) is 1.83. The largest absolute Gasteiger partial charge is 0.294 e. The second-order valence-corrected chi connectivity index (χ2v) is 1.61. The summed E-state index contributed by atoms with van der Waals surface area (Å²) in [5.41, 5.74) is 1.22. The minimum atomic E-state index is 0.910. The highest BCUT2D eigenvalue weighted by atomic mass is 14.7. The summed E-state index contributed by atoms with van der Waals surface area (Å²) in [6, 6.07) is 0. The summed E-state index contributed by atoms with van der Waals surface area (Å²) >= 11 is 0. The smallest absolute Gasteiger partial charge is 0.0360 e. The monoisotopic (exact) mass is 112 g/mol. The van der Waals surface area contributed by atoms with E-state index in [1.165, 1.54) is 5.71 Å². The minimum Gasteiger partial charge on any atom is -0.294 e. The van der Waals surface area contributed by atoms with E-state index in [0.29, 0.717) is 0 Å². The molecule has 0 aliphatic heterocycles. The van der Waals surface area contributed by atoms with E-state index in [2.05, 4.69) is 25.3 Å².